The number of ether oxygens (including phenoxy) is 1. The Hall–Kier alpha value is -3.12. The number of nitrogens with one attached hydrogen (secondary N) is 1. The number of fused-ring (bicyclic) bond motifs is 3. The van der Waals surface area contributed by atoms with E-state index in [4.69, 9.17) is 15.5 Å². The van der Waals surface area contributed by atoms with Crippen LogP contribution in [0.1, 0.15) is 49.6 Å². The van der Waals surface area contributed by atoms with Crippen LogP contribution in [0.25, 0.3) is 21.9 Å². The number of benzene rings is 2. The molecule has 39 heavy (non-hydrogen) atoms. The molecule has 0 fully saturated rings. The molecule has 4 aromatic rings. The van der Waals surface area contributed by atoms with Gasteiger partial charge in [0.05, 0.1) is 22.0 Å². The highest BCUT2D eigenvalue weighted by Crippen LogP contribution is 2.32. The number of nitrogens with zero attached hydrogens (tertiary/aromatic N) is 3. The minimum absolute atomic E-state index is 0.0520. The largest absolute Gasteiger partial charge is 0.508 e. The molecular formula is C29H36IN5O4. The van der Waals surface area contributed by atoms with Crippen LogP contribution in [0.4, 0.5) is 5.82 Å². The molecule has 4 rings (SSSR count). The van der Waals surface area contributed by atoms with E-state index in [0.717, 1.165) is 66.3 Å². The van der Waals surface area contributed by atoms with E-state index in [2.05, 4.69) is 40.0 Å². The summed E-state index contributed by atoms with van der Waals surface area (Å²) in [5.41, 5.74) is 10.5. The molecule has 2 aromatic carbocycles. The Morgan fingerprint density at radius 3 is 2.69 bits per heavy atom. The molecule has 0 aliphatic carbocycles. The van der Waals surface area contributed by atoms with Crippen LogP contribution in [-0.2, 0) is 28.9 Å². The Morgan fingerprint density at radius 2 is 1.90 bits per heavy atom. The van der Waals surface area contributed by atoms with Gasteiger partial charge >= 0.3 is 0 Å². The van der Waals surface area contributed by atoms with Crippen LogP contribution < -0.4 is 11.1 Å². The summed E-state index contributed by atoms with van der Waals surface area (Å²) in [7, 11) is 0. The number of imidazole rings is 1. The lowest BCUT2D eigenvalue weighted by molar-refractivity contribution is -0.118. The number of phenolic OH excluding ortho intramolecular Hbond substituents is 2. The van der Waals surface area contributed by atoms with Gasteiger partial charge < -0.3 is 30.6 Å². The molecule has 1 amide bonds. The van der Waals surface area contributed by atoms with Crippen molar-refractivity contribution in [3.05, 3.63) is 53.3 Å². The number of phenols is 2. The van der Waals surface area contributed by atoms with E-state index in [0.29, 0.717) is 47.6 Å². The number of aromatic hydroxyl groups is 2. The summed E-state index contributed by atoms with van der Waals surface area (Å²) < 4.78 is 8.29. The van der Waals surface area contributed by atoms with Gasteiger partial charge in [0, 0.05) is 37.1 Å². The van der Waals surface area contributed by atoms with Crippen molar-refractivity contribution in [3.8, 4) is 11.5 Å². The molecule has 0 radical (unpaired) electrons. The maximum Gasteiger partial charge on any atom is 0.229 e. The number of aromatic nitrogens is 3. The third-order valence-corrected chi connectivity index (χ3v) is 7.35. The standard InChI is InChI=1S/C29H36IN5O4/c1-2-3-7-25-34-27-28(35(25)18-20-16-21(36)9-11-24(20)37)22-10-8-19(15-23(22)33-29(27)31)6-4-13-39-14-5-12-32-26(38)17-30/h8-11,15-16,36-37H,2-7,12-14,17-18H2,1H3,(H2,31,33)(H,32,38). The molecule has 9 nitrogen and oxygen atoms in total. The average molecular weight is 646 g/mol. The van der Waals surface area contributed by atoms with E-state index in [9.17, 15) is 15.0 Å². The highest BCUT2D eigenvalue weighted by atomic mass is 127. The summed E-state index contributed by atoms with van der Waals surface area (Å²) in [5, 5.41) is 24.3. The summed E-state index contributed by atoms with van der Waals surface area (Å²) in [6, 6.07) is 10.8. The number of unbranched alkanes of at least 4 members (excludes halogenated alkanes) is 1. The number of amides is 1. The van der Waals surface area contributed by atoms with Crippen LogP contribution in [0.3, 0.4) is 0 Å². The Labute approximate surface area is 241 Å². The highest BCUT2D eigenvalue weighted by Gasteiger charge is 2.19. The van der Waals surface area contributed by atoms with Gasteiger partial charge in [-0.1, -0.05) is 48.1 Å². The molecule has 10 heteroatoms. The number of pyridine rings is 1. The third-order valence-electron chi connectivity index (χ3n) is 6.66. The fraction of sp³-hybridized carbons (Fsp3) is 0.414. The highest BCUT2D eigenvalue weighted by molar-refractivity contribution is 14.1. The SMILES string of the molecule is CCCCc1nc2c(N)nc3cc(CCCOCCCNC(=O)CI)ccc3c2n1Cc1cc(O)ccc1O. The number of hydrogen-bond donors (Lipinski definition) is 4. The zero-order valence-electron chi connectivity index (χ0n) is 22.3. The number of nitrogen functional groups attached to an aromatic ring is 1. The molecule has 0 aliphatic heterocycles. The smallest absolute Gasteiger partial charge is 0.229 e. The maximum absolute atomic E-state index is 11.3. The van der Waals surface area contributed by atoms with Crippen molar-refractivity contribution in [2.75, 3.05) is 29.9 Å². The Kier molecular flexibility index (Phi) is 10.2. The molecule has 0 saturated carbocycles. The van der Waals surface area contributed by atoms with Gasteiger partial charge in [-0.15, -0.1) is 0 Å². The Bertz CT molecular complexity index is 1440. The van der Waals surface area contributed by atoms with Crippen molar-refractivity contribution in [2.24, 2.45) is 0 Å². The number of halogens is 1. The lowest BCUT2D eigenvalue weighted by atomic mass is 10.1. The first-order valence-electron chi connectivity index (χ1n) is 13.4. The van der Waals surface area contributed by atoms with Crippen LogP contribution in [-0.4, -0.2) is 54.8 Å². The minimum Gasteiger partial charge on any atom is -0.508 e. The lowest BCUT2D eigenvalue weighted by Crippen LogP contribution is -2.25. The number of hydrogen-bond acceptors (Lipinski definition) is 7. The molecular weight excluding hydrogens is 609 g/mol. The number of rotatable bonds is 14. The minimum atomic E-state index is 0.0520. The first kappa shape index (κ1) is 28.9. The van der Waals surface area contributed by atoms with Gasteiger partial charge in [-0.05, 0) is 55.5 Å². The van der Waals surface area contributed by atoms with Gasteiger partial charge in [0.15, 0.2) is 5.82 Å². The van der Waals surface area contributed by atoms with E-state index in [1.807, 2.05) is 22.6 Å². The average Bonchev–Trinajstić information content (AvgIpc) is 3.29. The predicted molar refractivity (Wildman–Crippen MR) is 163 cm³/mol. The van der Waals surface area contributed by atoms with Gasteiger partial charge in [0.1, 0.15) is 22.8 Å². The number of anilines is 1. The second kappa shape index (κ2) is 13.8. The number of carbonyl (C=O) groups excluding carboxylic acids is 1. The third kappa shape index (κ3) is 7.30. The van der Waals surface area contributed by atoms with E-state index < -0.39 is 0 Å². The fourth-order valence-electron chi connectivity index (χ4n) is 4.65. The van der Waals surface area contributed by atoms with Crippen molar-refractivity contribution in [3.63, 3.8) is 0 Å². The molecule has 0 bridgehead atoms. The summed E-state index contributed by atoms with van der Waals surface area (Å²) in [5.74, 6) is 1.54. The first-order valence-corrected chi connectivity index (χ1v) is 14.9. The predicted octanol–water partition coefficient (Wildman–Crippen LogP) is 4.86. The maximum atomic E-state index is 11.3. The van der Waals surface area contributed by atoms with E-state index in [-0.39, 0.29) is 17.4 Å². The summed E-state index contributed by atoms with van der Waals surface area (Å²) in [6.07, 6.45) is 5.29. The van der Waals surface area contributed by atoms with Gasteiger partial charge in [0.25, 0.3) is 0 Å². The van der Waals surface area contributed by atoms with Crippen LogP contribution in [0.15, 0.2) is 36.4 Å². The van der Waals surface area contributed by atoms with Gasteiger partial charge in [-0.2, -0.15) is 0 Å². The van der Waals surface area contributed by atoms with Gasteiger partial charge in [-0.3, -0.25) is 4.79 Å². The Balaban J connectivity index is 1.53. The van der Waals surface area contributed by atoms with Crippen LogP contribution in [0.5, 0.6) is 11.5 Å². The monoisotopic (exact) mass is 645 g/mol. The molecule has 2 aromatic heterocycles. The van der Waals surface area contributed by atoms with Crippen molar-refractivity contribution in [2.45, 2.75) is 52.0 Å². The summed E-state index contributed by atoms with van der Waals surface area (Å²) in [4.78, 5) is 20.8. The second-order valence-electron chi connectivity index (χ2n) is 9.63. The summed E-state index contributed by atoms with van der Waals surface area (Å²) >= 11 is 2.05. The number of nitrogens with two attached hydrogens (primary N) is 1. The quantitative estimate of drug-likeness (QED) is 0.0666. The van der Waals surface area contributed by atoms with E-state index in [1.165, 1.54) is 12.1 Å². The van der Waals surface area contributed by atoms with Crippen LogP contribution in [0.2, 0.25) is 0 Å². The summed E-state index contributed by atoms with van der Waals surface area (Å²) in [6.45, 7) is 4.39. The molecule has 5 N–H and O–H groups in total. The molecule has 2 heterocycles. The molecule has 0 atom stereocenters. The van der Waals surface area contributed by atoms with Gasteiger partial charge in [-0.25, -0.2) is 9.97 Å². The van der Waals surface area contributed by atoms with Crippen molar-refractivity contribution in [1.29, 1.82) is 0 Å². The second-order valence-corrected chi connectivity index (χ2v) is 10.4. The number of alkyl halides is 1. The van der Waals surface area contributed by atoms with Gasteiger partial charge in [0.2, 0.25) is 5.91 Å². The lowest BCUT2D eigenvalue weighted by Gasteiger charge is -2.13. The molecule has 0 unspecified atom stereocenters. The Morgan fingerprint density at radius 1 is 1.08 bits per heavy atom. The molecule has 0 aliphatic rings. The number of carbonyl (C=O) groups is 1. The zero-order valence-corrected chi connectivity index (χ0v) is 24.4. The van der Waals surface area contributed by atoms with E-state index >= 15 is 0 Å². The van der Waals surface area contributed by atoms with E-state index in [1.54, 1.807) is 6.07 Å². The topological polar surface area (TPSA) is 136 Å². The van der Waals surface area contributed by atoms with Crippen molar-refractivity contribution in [1.82, 2.24) is 19.9 Å². The van der Waals surface area contributed by atoms with Crippen LogP contribution >= 0.6 is 22.6 Å². The zero-order chi connectivity index (χ0) is 27.8. The van der Waals surface area contributed by atoms with Crippen molar-refractivity contribution < 1.29 is 19.7 Å². The molecule has 0 saturated heterocycles. The van der Waals surface area contributed by atoms with Crippen LogP contribution in [0, 0.1) is 0 Å². The number of aryl methyl sites for hydroxylation is 2. The fourth-order valence-corrected chi connectivity index (χ4v) is 4.92. The normalized spacial score (nSPS) is 11.4. The first-order chi connectivity index (χ1) is 18.9. The molecule has 208 valence electrons. The molecule has 0 spiro atoms. The van der Waals surface area contributed by atoms with Crippen molar-refractivity contribution >= 4 is 56.3 Å².